The van der Waals surface area contributed by atoms with Crippen LogP contribution in [0.5, 0.6) is 11.5 Å². The molecule has 1 aliphatic heterocycles. The molecule has 3 rings (SSSR count). The number of hydrazine groups is 1. The van der Waals surface area contributed by atoms with Crippen molar-refractivity contribution in [3.8, 4) is 11.5 Å². The van der Waals surface area contributed by atoms with Gasteiger partial charge in [-0.05, 0) is 18.2 Å². The van der Waals surface area contributed by atoms with Crippen LogP contribution in [0.2, 0.25) is 0 Å². The standard InChI is InChI=1S/C15H9F5N2O3/c16-9-10(17)12(19)14(13(20)11(9)18)21-22-15(23)6-1-2-7-8(5-6)25-4-3-24-7/h1-2,5,21H,3-4H2,(H,22,23). The number of hydrogen-bond donors (Lipinski definition) is 2. The molecule has 0 bridgehead atoms. The monoisotopic (exact) mass is 360 g/mol. The van der Waals surface area contributed by atoms with Gasteiger partial charge in [-0.15, -0.1) is 0 Å². The molecule has 0 aliphatic carbocycles. The van der Waals surface area contributed by atoms with Gasteiger partial charge >= 0.3 is 0 Å². The summed E-state index contributed by atoms with van der Waals surface area (Å²) in [6.45, 7) is 0.626. The van der Waals surface area contributed by atoms with E-state index in [1.165, 1.54) is 18.2 Å². The Morgan fingerprint density at radius 1 is 0.840 bits per heavy atom. The molecule has 0 atom stereocenters. The topological polar surface area (TPSA) is 59.6 Å². The van der Waals surface area contributed by atoms with Crippen LogP contribution in [-0.2, 0) is 0 Å². The van der Waals surface area contributed by atoms with Crippen LogP contribution in [0.3, 0.4) is 0 Å². The van der Waals surface area contributed by atoms with Crippen LogP contribution in [0.4, 0.5) is 27.6 Å². The largest absolute Gasteiger partial charge is 0.486 e. The molecule has 0 saturated heterocycles. The summed E-state index contributed by atoms with van der Waals surface area (Å²) in [4.78, 5) is 12.0. The second-order valence-corrected chi connectivity index (χ2v) is 4.88. The van der Waals surface area contributed by atoms with Crippen molar-refractivity contribution < 1.29 is 36.2 Å². The Balaban J connectivity index is 1.79. The van der Waals surface area contributed by atoms with Crippen LogP contribution < -0.4 is 20.3 Å². The molecule has 0 radical (unpaired) electrons. The Morgan fingerprint density at radius 3 is 2.04 bits per heavy atom. The maximum Gasteiger partial charge on any atom is 0.269 e. The van der Waals surface area contributed by atoms with Crippen molar-refractivity contribution in [1.82, 2.24) is 5.43 Å². The molecule has 10 heteroatoms. The third kappa shape index (κ3) is 3.02. The molecular weight excluding hydrogens is 351 g/mol. The van der Waals surface area contributed by atoms with E-state index in [4.69, 9.17) is 9.47 Å². The zero-order valence-corrected chi connectivity index (χ0v) is 12.3. The molecule has 0 aromatic heterocycles. The van der Waals surface area contributed by atoms with Crippen molar-refractivity contribution in [2.75, 3.05) is 18.6 Å². The van der Waals surface area contributed by atoms with E-state index in [1.807, 2.05) is 5.43 Å². The number of carbonyl (C=O) groups excluding carboxylic acids is 1. The number of halogens is 5. The highest BCUT2D eigenvalue weighted by Gasteiger charge is 2.26. The van der Waals surface area contributed by atoms with Gasteiger partial charge in [0.05, 0.1) is 0 Å². The molecule has 132 valence electrons. The number of nitrogens with one attached hydrogen (secondary N) is 2. The van der Waals surface area contributed by atoms with E-state index in [0.29, 0.717) is 12.4 Å². The van der Waals surface area contributed by atoms with Gasteiger partial charge in [0, 0.05) is 5.56 Å². The molecule has 1 aliphatic rings. The molecule has 25 heavy (non-hydrogen) atoms. The summed E-state index contributed by atoms with van der Waals surface area (Å²) in [7, 11) is 0. The molecule has 0 spiro atoms. The lowest BCUT2D eigenvalue weighted by Crippen LogP contribution is -2.31. The van der Waals surface area contributed by atoms with Gasteiger partial charge in [0.15, 0.2) is 34.8 Å². The van der Waals surface area contributed by atoms with E-state index in [0.717, 1.165) is 0 Å². The molecule has 0 saturated carbocycles. The third-order valence-corrected chi connectivity index (χ3v) is 3.32. The summed E-state index contributed by atoms with van der Waals surface area (Å²) < 4.78 is 76.7. The van der Waals surface area contributed by atoms with Gasteiger partial charge < -0.3 is 9.47 Å². The van der Waals surface area contributed by atoms with Crippen molar-refractivity contribution in [1.29, 1.82) is 0 Å². The normalized spacial score (nSPS) is 12.7. The van der Waals surface area contributed by atoms with Crippen LogP contribution >= 0.6 is 0 Å². The van der Waals surface area contributed by atoms with E-state index < -0.39 is 40.7 Å². The van der Waals surface area contributed by atoms with E-state index >= 15 is 0 Å². The van der Waals surface area contributed by atoms with Gasteiger partial charge in [-0.25, -0.2) is 22.0 Å². The lowest BCUT2D eigenvalue weighted by Gasteiger charge is -2.19. The highest BCUT2D eigenvalue weighted by Crippen LogP contribution is 2.31. The van der Waals surface area contributed by atoms with Gasteiger partial charge in [0.25, 0.3) is 5.91 Å². The Bertz CT molecular complexity index is 831. The van der Waals surface area contributed by atoms with Crippen LogP contribution in [0.15, 0.2) is 18.2 Å². The van der Waals surface area contributed by atoms with E-state index in [2.05, 4.69) is 0 Å². The Labute approximate surface area is 137 Å². The highest BCUT2D eigenvalue weighted by molar-refractivity contribution is 5.95. The first-order chi connectivity index (χ1) is 11.9. The minimum atomic E-state index is -2.29. The minimum absolute atomic E-state index is 0.0145. The Morgan fingerprint density at radius 2 is 1.40 bits per heavy atom. The molecule has 1 heterocycles. The molecule has 5 nitrogen and oxygen atoms in total. The second kappa shape index (κ2) is 6.46. The fourth-order valence-corrected chi connectivity index (χ4v) is 2.09. The predicted molar refractivity (Wildman–Crippen MR) is 74.8 cm³/mol. The Hall–Kier alpha value is -3.04. The van der Waals surface area contributed by atoms with Crippen LogP contribution in [-0.4, -0.2) is 19.1 Å². The lowest BCUT2D eigenvalue weighted by molar-refractivity contribution is 0.0961. The molecule has 2 aromatic carbocycles. The maximum absolute atomic E-state index is 13.5. The number of rotatable bonds is 3. The van der Waals surface area contributed by atoms with Gasteiger partial charge in [-0.2, -0.15) is 0 Å². The quantitative estimate of drug-likeness (QED) is 0.383. The van der Waals surface area contributed by atoms with Gasteiger partial charge in [-0.3, -0.25) is 15.6 Å². The zero-order chi connectivity index (χ0) is 18.1. The number of fused-ring (bicyclic) bond motifs is 1. The molecule has 2 N–H and O–H groups in total. The Kier molecular flexibility index (Phi) is 4.34. The van der Waals surface area contributed by atoms with Gasteiger partial charge in [-0.1, -0.05) is 0 Å². The number of amides is 1. The zero-order valence-electron chi connectivity index (χ0n) is 12.3. The summed E-state index contributed by atoms with van der Waals surface area (Å²) in [5, 5.41) is 0. The number of carbonyl (C=O) groups is 1. The first kappa shape index (κ1) is 16.8. The average molecular weight is 360 g/mol. The molecule has 0 unspecified atom stereocenters. The fraction of sp³-hybridized carbons (Fsp3) is 0.133. The van der Waals surface area contributed by atoms with Crippen molar-refractivity contribution >= 4 is 11.6 Å². The van der Waals surface area contributed by atoms with Crippen LogP contribution in [0.1, 0.15) is 10.4 Å². The lowest BCUT2D eigenvalue weighted by atomic mass is 10.2. The highest BCUT2D eigenvalue weighted by atomic mass is 19.2. The fourth-order valence-electron chi connectivity index (χ4n) is 2.09. The number of anilines is 1. The SMILES string of the molecule is O=C(NNc1c(F)c(F)c(F)c(F)c1F)c1ccc2c(c1)OCCO2. The summed E-state index contributed by atoms with van der Waals surface area (Å²) in [6.07, 6.45) is 0. The van der Waals surface area contributed by atoms with Gasteiger partial charge in [0.2, 0.25) is 5.82 Å². The molecule has 1 amide bonds. The molecular formula is C15H9F5N2O3. The van der Waals surface area contributed by atoms with E-state index in [1.54, 1.807) is 5.43 Å². The first-order valence-corrected chi connectivity index (χ1v) is 6.87. The predicted octanol–water partition coefficient (Wildman–Crippen LogP) is 2.91. The summed E-state index contributed by atoms with van der Waals surface area (Å²) >= 11 is 0. The molecule has 2 aromatic rings. The van der Waals surface area contributed by atoms with E-state index in [9.17, 15) is 26.7 Å². The number of benzene rings is 2. The van der Waals surface area contributed by atoms with Crippen LogP contribution in [0, 0.1) is 29.1 Å². The minimum Gasteiger partial charge on any atom is -0.486 e. The van der Waals surface area contributed by atoms with Crippen molar-refractivity contribution in [3.05, 3.63) is 52.8 Å². The number of ether oxygens (including phenoxy) is 2. The van der Waals surface area contributed by atoms with Crippen molar-refractivity contribution in [2.45, 2.75) is 0 Å². The average Bonchev–Trinajstić information content (AvgIpc) is 2.64. The molecule has 0 fully saturated rings. The smallest absolute Gasteiger partial charge is 0.269 e. The summed E-state index contributed by atoms with van der Waals surface area (Å²) in [5.74, 6) is -10.9. The summed E-state index contributed by atoms with van der Waals surface area (Å²) in [5.41, 5.74) is 2.20. The second-order valence-electron chi connectivity index (χ2n) is 4.88. The first-order valence-electron chi connectivity index (χ1n) is 6.87. The summed E-state index contributed by atoms with van der Waals surface area (Å²) in [6, 6.07) is 4.09. The maximum atomic E-state index is 13.5. The number of hydrogen-bond acceptors (Lipinski definition) is 4. The van der Waals surface area contributed by atoms with Crippen molar-refractivity contribution in [2.24, 2.45) is 0 Å². The van der Waals surface area contributed by atoms with Gasteiger partial charge in [0.1, 0.15) is 18.9 Å². The third-order valence-electron chi connectivity index (χ3n) is 3.32. The van der Waals surface area contributed by atoms with E-state index in [-0.39, 0.29) is 17.9 Å². The van der Waals surface area contributed by atoms with Crippen molar-refractivity contribution in [3.63, 3.8) is 0 Å². The van der Waals surface area contributed by atoms with Crippen LogP contribution in [0.25, 0.3) is 0 Å².